The van der Waals surface area contributed by atoms with Crippen LogP contribution in [-0.2, 0) is 18.9 Å². The second kappa shape index (κ2) is 9.17. The third-order valence-corrected chi connectivity index (χ3v) is 4.60. The molecule has 11 atom stereocenters. The van der Waals surface area contributed by atoms with Crippen LogP contribution in [0.15, 0.2) is 0 Å². The Morgan fingerprint density at radius 3 is 1.96 bits per heavy atom. The first-order valence-corrected chi connectivity index (χ1v) is 8.50. The lowest BCUT2D eigenvalue weighted by molar-refractivity contribution is -0.345. The molecule has 2 saturated heterocycles. The largest absolute Gasteiger partial charge is 0.394 e. The summed E-state index contributed by atoms with van der Waals surface area (Å²) in [4.78, 5) is 0. The van der Waals surface area contributed by atoms with Crippen LogP contribution in [0.2, 0.25) is 0 Å². The Morgan fingerprint density at radius 2 is 1.38 bits per heavy atom. The molecule has 0 aromatic rings. The van der Waals surface area contributed by atoms with Crippen LogP contribution in [0.4, 0.5) is 0 Å². The van der Waals surface area contributed by atoms with Crippen LogP contribution < -0.4 is 0 Å². The maximum atomic E-state index is 10.1. The Kier molecular flexibility index (Phi) is 7.71. The zero-order valence-electron chi connectivity index (χ0n) is 14.5. The van der Waals surface area contributed by atoms with Gasteiger partial charge in [0.05, 0.1) is 12.7 Å². The van der Waals surface area contributed by atoms with Crippen molar-refractivity contribution < 1.29 is 54.7 Å². The van der Waals surface area contributed by atoms with E-state index < -0.39 is 74.1 Å². The molecule has 7 N–H and O–H groups in total. The summed E-state index contributed by atoms with van der Waals surface area (Å²) in [5.74, 6) is 0. The molecule has 11 nitrogen and oxygen atoms in total. The molecule has 0 saturated carbocycles. The summed E-state index contributed by atoms with van der Waals surface area (Å²) < 4.78 is 21.4. The predicted octanol–water partition coefficient (Wildman–Crippen LogP) is -3.96. The summed E-state index contributed by atoms with van der Waals surface area (Å²) >= 11 is 0. The standard InChI is InChI=1S/C15H28O11/c1-3-23-14-11(21)9(19)10(20)13(26-14)5(2)24-15-12(22)8(18)7(17)6(4-16)25-15/h5-22H,3-4H2,1-2H3/t5?,6-,7-,8+,9+,10+,11-,12-,13-,14+,15+/m1/s1. The second-order valence-electron chi connectivity index (χ2n) is 6.43. The molecule has 0 amide bonds. The Bertz CT molecular complexity index is 436. The molecule has 2 rings (SSSR count). The highest BCUT2D eigenvalue weighted by Gasteiger charge is 2.49. The van der Waals surface area contributed by atoms with E-state index in [-0.39, 0.29) is 6.61 Å². The molecular formula is C15H28O11. The van der Waals surface area contributed by atoms with Crippen molar-refractivity contribution in [1.82, 2.24) is 0 Å². The molecule has 0 spiro atoms. The Balaban J connectivity index is 2.06. The minimum atomic E-state index is -1.62. The second-order valence-corrected chi connectivity index (χ2v) is 6.43. The molecule has 0 radical (unpaired) electrons. The smallest absolute Gasteiger partial charge is 0.187 e. The number of hydrogen-bond donors (Lipinski definition) is 7. The highest BCUT2D eigenvalue weighted by molar-refractivity contribution is 4.93. The molecule has 2 fully saturated rings. The van der Waals surface area contributed by atoms with Gasteiger partial charge in [0.2, 0.25) is 0 Å². The van der Waals surface area contributed by atoms with Crippen LogP contribution in [0, 0.1) is 0 Å². The maximum Gasteiger partial charge on any atom is 0.187 e. The summed E-state index contributed by atoms with van der Waals surface area (Å²) in [7, 11) is 0. The average Bonchev–Trinajstić information content (AvgIpc) is 2.62. The summed E-state index contributed by atoms with van der Waals surface area (Å²) in [6.07, 6.45) is -15.2. The van der Waals surface area contributed by atoms with Crippen molar-refractivity contribution in [2.24, 2.45) is 0 Å². The summed E-state index contributed by atoms with van der Waals surface area (Å²) in [5, 5.41) is 68.8. The SMILES string of the molecule is CCO[C@H]1O[C@H](C(C)O[C@H]2O[C@H](CO)[C@@H](O)[C@H](O)[C@H]2O)[C@@H](O)[C@H](O)[C@H]1O. The van der Waals surface area contributed by atoms with E-state index in [1.807, 2.05) is 0 Å². The van der Waals surface area contributed by atoms with Gasteiger partial charge in [-0.3, -0.25) is 0 Å². The Labute approximate surface area is 150 Å². The van der Waals surface area contributed by atoms with Crippen molar-refractivity contribution in [3.05, 3.63) is 0 Å². The molecule has 11 heteroatoms. The van der Waals surface area contributed by atoms with Crippen LogP contribution in [0.1, 0.15) is 13.8 Å². The van der Waals surface area contributed by atoms with Gasteiger partial charge in [-0.15, -0.1) is 0 Å². The highest BCUT2D eigenvalue weighted by atomic mass is 16.7. The average molecular weight is 384 g/mol. The zero-order valence-corrected chi connectivity index (χ0v) is 14.5. The highest BCUT2D eigenvalue weighted by Crippen LogP contribution is 2.28. The third-order valence-electron chi connectivity index (χ3n) is 4.60. The normalized spacial score (nSPS) is 48.3. The van der Waals surface area contributed by atoms with E-state index in [0.29, 0.717) is 0 Å². The van der Waals surface area contributed by atoms with Gasteiger partial charge in [-0.05, 0) is 13.8 Å². The Morgan fingerprint density at radius 1 is 0.808 bits per heavy atom. The molecule has 0 aromatic heterocycles. The molecule has 2 heterocycles. The van der Waals surface area contributed by atoms with Crippen molar-refractivity contribution in [3.8, 4) is 0 Å². The van der Waals surface area contributed by atoms with Crippen LogP contribution in [0.3, 0.4) is 0 Å². The molecule has 0 aromatic carbocycles. The molecule has 2 aliphatic heterocycles. The van der Waals surface area contributed by atoms with Gasteiger partial charge in [0.25, 0.3) is 0 Å². The lowest BCUT2D eigenvalue weighted by atomic mass is 9.95. The quantitative estimate of drug-likeness (QED) is 0.237. The van der Waals surface area contributed by atoms with Crippen LogP contribution in [0.5, 0.6) is 0 Å². The molecule has 154 valence electrons. The first-order valence-electron chi connectivity index (χ1n) is 8.50. The summed E-state index contributed by atoms with van der Waals surface area (Å²) in [5.41, 5.74) is 0. The minimum absolute atomic E-state index is 0.194. The number of aliphatic hydroxyl groups excluding tert-OH is 7. The van der Waals surface area contributed by atoms with E-state index >= 15 is 0 Å². The zero-order chi connectivity index (χ0) is 19.6. The van der Waals surface area contributed by atoms with Crippen LogP contribution in [0.25, 0.3) is 0 Å². The van der Waals surface area contributed by atoms with Crippen molar-refractivity contribution in [2.45, 2.75) is 81.4 Å². The van der Waals surface area contributed by atoms with E-state index in [1.54, 1.807) is 6.92 Å². The maximum absolute atomic E-state index is 10.1. The monoisotopic (exact) mass is 384 g/mol. The van der Waals surface area contributed by atoms with Gasteiger partial charge < -0.3 is 54.7 Å². The fourth-order valence-corrected chi connectivity index (χ4v) is 3.03. The van der Waals surface area contributed by atoms with E-state index in [9.17, 15) is 35.7 Å². The van der Waals surface area contributed by atoms with Crippen LogP contribution >= 0.6 is 0 Å². The van der Waals surface area contributed by atoms with E-state index in [4.69, 9.17) is 18.9 Å². The van der Waals surface area contributed by atoms with Gasteiger partial charge in [0, 0.05) is 6.61 Å². The van der Waals surface area contributed by atoms with E-state index in [1.165, 1.54) is 6.92 Å². The van der Waals surface area contributed by atoms with Gasteiger partial charge in [0.15, 0.2) is 12.6 Å². The molecule has 26 heavy (non-hydrogen) atoms. The lowest BCUT2D eigenvalue weighted by Crippen LogP contribution is -2.63. The predicted molar refractivity (Wildman–Crippen MR) is 82.6 cm³/mol. The fraction of sp³-hybridized carbons (Fsp3) is 1.00. The summed E-state index contributed by atoms with van der Waals surface area (Å²) in [6.45, 7) is 2.71. The first kappa shape index (κ1) is 21.9. The fourth-order valence-electron chi connectivity index (χ4n) is 3.03. The molecule has 1 unspecified atom stereocenters. The number of hydrogen-bond acceptors (Lipinski definition) is 11. The van der Waals surface area contributed by atoms with Crippen molar-refractivity contribution in [3.63, 3.8) is 0 Å². The molecule has 0 bridgehead atoms. The lowest BCUT2D eigenvalue weighted by Gasteiger charge is -2.44. The van der Waals surface area contributed by atoms with E-state index in [0.717, 1.165) is 0 Å². The van der Waals surface area contributed by atoms with Gasteiger partial charge in [-0.25, -0.2) is 0 Å². The number of ether oxygens (including phenoxy) is 4. The molecule has 0 aliphatic carbocycles. The number of aliphatic hydroxyl groups is 7. The number of rotatable bonds is 6. The van der Waals surface area contributed by atoms with Gasteiger partial charge in [-0.1, -0.05) is 0 Å². The topological polar surface area (TPSA) is 179 Å². The van der Waals surface area contributed by atoms with Crippen molar-refractivity contribution in [2.75, 3.05) is 13.2 Å². The van der Waals surface area contributed by atoms with Gasteiger partial charge >= 0.3 is 0 Å². The van der Waals surface area contributed by atoms with E-state index in [2.05, 4.69) is 0 Å². The summed E-state index contributed by atoms with van der Waals surface area (Å²) in [6, 6.07) is 0. The molecule has 2 aliphatic rings. The van der Waals surface area contributed by atoms with Crippen LogP contribution in [-0.4, -0.2) is 116 Å². The van der Waals surface area contributed by atoms with Gasteiger partial charge in [0.1, 0.15) is 48.8 Å². The first-order chi connectivity index (χ1) is 12.2. The third kappa shape index (κ3) is 4.34. The minimum Gasteiger partial charge on any atom is -0.394 e. The van der Waals surface area contributed by atoms with Crippen molar-refractivity contribution in [1.29, 1.82) is 0 Å². The van der Waals surface area contributed by atoms with Gasteiger partial charge in [-0.2, -0.15) is 0 Å². The van der Waals surface area contributed by atoms with Crippen molar-refractivity contribution >= 4 is 0 Å². The Hall–Kier alpha value is -0.440. The molecular weight excluding hydrogens is 356 g/mol.